The first-order valence-corrected chi connectivity index (χ1v) is 10.4. The molecule has 8 heteroatoms. The van der Waals surface area contributed by atoms with Crippen molar-refractivity contribution in [1.29, 1.82) is 0 Å². The van der Waals surface area contributed by atoms with Crippen LogP contribution in [0.4, 0.5) is 8.78 Å². The fourth-order valence-electron chi connectivity index (χ4n) is 4.49. The summed E-state index contributed by atoms with van der Waals surface area (Å²) in [6.45, 7) is -1.34. The fourth-order valence-corrected chi connectivity index (χ4v) is 4.49. The molecule has 4 heterocycles. The lowest BCUT2D eigenvalue weighted by molar-refractivity contribution is -0.0968. The van der Waals surface area contributed by atoms with E-state index >= 15 is 0 Å². The van der Waals surface area contributed by atoms with Crippen LogP contribution in [-0.4, -0.2) is 45.0 Å². The Morgan fingerprint density at radius 3 is 2.61 bits per heavy atom. The topological polar surface area (TPSA) is 60.2 Å². The Bertz CT molecular complexity index is 1090. The number of hydrogen-bond acceptors (Lipinski definition) is 4. The van der Waals surface area contributed by atoms with Crippen LogP contribution in [0, 0.1) is 0 Å². The van der Waals surface area contributed by atoms with Gasteiger partial charge in [0.25, 0.3) is 5.91 Å². The van der Waals surface area contributed by atoms with Crippen LogP contribution in [0.15, 0.2) is 54.9 Å². The summed E-state index contributed by atoms with van der Waals surface area (Å²) in [4.78, 5) is 23.9. The van der Waals surface area contributed by atoms with E-state index in [2.05, 4.69) is 4.98 Å². The van der Waals surface area contributed by atoms with Gasteiger partial charge in [-0.15, -0.1) is 0 Å². The maximum atomic E-state index is 13.2. The molecule has 0 radical (unpaired) electrons. The van der Waals surface area contributed by atoms with E-state index in [1.54, 1.807) is 4.90 Å². The van der Waals surface area contributed by atoms with E-state index in [9.17, 15) is 13.6 Å². The molecule has 0 bridgehead atoms. The van der Waals surface area contributed by atoms with Crippen molar-refractivity contribution in [2.24, 2.45) is 0 Å². The zero-order chi connectivity index (χ0) is 21.4. The average molecular weight is 424 g/mol. The molecule has 3 aromatic rings. The Balaban J connectivity index is 1.40. The van der Waals surface area contributed by atoms with Crippen molar-refractivity contribution in [1.82, 2.24) is 19.4 Å². The summed E-state index contributed by atoms with van der Waals surface area (Å²) in [6, 6.07) is 12.7. The number of halogens is 2. The van der Waals surface area contributed by atoms with E-state index < -0.39 is 12.2 Å². The van der Waals surface area contributed by atoms with Crippen molar-refractivity contribution in [3.05, 3.63) is 71.8 Å². The van der Waals surface area contributed by atoms with Crippen LogP contribution >= 0.6 is 0 Å². The maximum absolute atomic E-state index is 13.2. The van der Waals surface area contributed by atoms with Gasteiger partial charge in [0.05, 0.1) is 12.3 Å². The van der Waals surface area contributed by atoms with Crippen molar-refractivity contribution in [3.63, 3.8) is 0 Å². The van der Waals surface area contributed by atoms with Gasteiger partial charge in [0.1, 0.15) is 11.3 Å². The molecule has 0 aliphatic carbocycles. The predicted molar refractivity (Wildman–Crippen MR) is 110 cm³/mol. The SMILES string of the molecule is O=C(c1cccn1C(F)F)N1CCC2(CC1)OCCc1cnc(-c3ccccc3)nc12. The number of hydrogen-bond donors (Lipinski definition) is 0. The lowest BCUT2D eigenvalue weighted by Crippen LogP contribution is -2.49. The molecule has 1 spiro atoms. The molecule has 6 nitrogen and oxygen atoms in total. The molecule has 1 fully saturated rings. The number of nitrogens with zero attached hydrogens (tertiary/aromatic N) is 4. The molecule has 1 amide bonds. The molecule has 31 heavy (non-hydrogen) atoms. The summed E-state index contributed by atoms with van der Waals surface area (Å²) in [5.41, 5.74) is 2.31. The lowest BCUT2D eigenvalue weighted by Gasteiger charge is -2.44. The van der Waals surface area contributed by atoms with E-state index in [0.29, 0.717) is 42.9 Å². The number of fused-ring (bicyclic) bond motifs is 2. The minimum atomic E-state index is -2.74. The third kappa shape index (κ3) is 3.50. The van der Waals surface area contributed by atoms with Crippen LogP contribution in [0.25, 0.3) is 11.4 Å². The number of aromatic nitrogens is 3. The van der Waals surface area contributed by atoms with Crippen molar-refractivity contribution in [3.8, 4) is 11.4 Å². The molecule has 1 saturated heterocycles. The quantitative estimate of drug-likeness (QED) is 0.637. The minimum Gasteiger partial charge on any atom is -0.368 e. The van der Waals surface area contributed by atoms with E-state index in [4.69, 9.17) is 9.72 Å². The highest BCUT2D eigenvalue weighted by Gasteiger charge is 2.43. The first-order chi connectivity index (χ1) is 15.1. The Kier molecular flexibility index (Phi) is 5.02. The van der Waals surface area contributed by atoms with Crippen LogP contribution in [0.1, 0.15) is 41.1 Å². The smallest absolute Gasteiger partial charge is 0.319 e. The number of carbonyl (C=O) groups is 1. The highest BCUT2D eigenvalue weighted by atomic mass is 19.3. The lowest BCUT2D eigenvalue weighted by atomic mass is 9.83. The van der Waals surface area contributed by atoms with E-state index in [1.807, 2.05) is 36.5 Å². The number of likely N-dealkylation sites (tertiary alicyclic amines) is 1. The number of rotatable bonds is 3. The van der Waals surface area contributed by atoms with Crippen molar-refractivity contribution >= 4 is 5.91 Å². The minimum absolute atomic E-state index is 0.00426. The second-order valence-corrected chi connectivity index (χ2v) is 7.90. The summed E-state index contributed by atoms with van der Waals surface area (Å²) in [5, 5.41) is 0. The molecule has 160 valence electrons. The van der Waals surface area contributed by atoms with Gasteiger partial charge < -0.3 is 9.64 Å². The van der Waals surface area contributed by atoms with E-state index in [1.165, 1.54) is 18.3 Å². The van der Waals surface area contributed by atoms with Gasteiger partial charge in [-0.25, -0.2) is 9.97 Å². The summed E-state index contributed by atoms with van der Waals surface area (Å²) in [5.74, 6) is 0.265. The third-order valence-corrected chi connectivity index (χ3v) is 6.14. The number of piperidine rings is 1. The van der Waals surface area contributed by atoms with Gasteiger partial charge in [-0.2, -0.15) is 8.78 Å². The monoisotopic (exact) mass is 424 g/mol. The summed E-state index contributed by atoms with van der Waals surface area (Å²) in [7, 11) is 0. The average Bonchev–Trinajstić information content (AvgIpc) is 3.30. The van der Waals surface area contributed by atoms with E-state index in [0.717, 1.165) is 23.2 Å². The molecule has 2 aliphatic rings. The van der Waals surface area contributed by atoms with E-state index in [-0.39, 0.29) is 11.6 Å². The molecule has 5 rings (SSSR count). The summed E-state index contributed by atoms with van der Waals surface area (Å²) >= 11 is 0. The van der Waals surface area contributed by atoms with Crippen molar-refractivity contribution in [2.75, 3.05) is 19.7 Å². The first kappa shape index (κ1) is 19.8. The highest BCUT2D eigenvalue weighted by molar-refractivity contribution is 5.92. The maximum Gasteiger partial charge on any atom is 0.319 e. The zero-order valence-corrected chi connectivity index (χ0v) is 16.9. The third-order valence-electron chi connectivity index (χ3n) is 6.14. The van der Waals surface area contributed by atoms with Gasteiger partial charge in [-0.05, 0) is 37.0 Å². The standard InChI is InChI=1S/C23H22F2N4O2/c24-22(25)29-11-4-7-18(29)21(30)28-12-9-23(10-13-28)19-17(8-14-31-23)15-26-20(27-19)16-5-2-1-3-6-16/h1-7,11,15,22H,8-10,12-14H2. The summed E-state index contributed by atoms with van der Waals surface area (Å²) in [6.07, 6.45) is 4.98. The number of carbonyl (C=O) groups excluding carboxylic acids is 1. The van der Waals surface area contributed by atoms with Crippen LogP contribution in [0.2, 0.25) is 0 Å². The van der Waals surface area contributed by atoms with Gasteiger partial charge in [0.15, 0.2) is 5.82 Å². The molecule has 0 unspecified atom stereocenters. The Morgan fingerprint density at radius 1 is 1.10 bits per heavy atom. The molecule has 1 aromatic carbocycles. The predicted octanol–water partition coefficient (Wildman–Crippen LogP) is 4.04. The van der Waals surface area contributed by atoms with Crippen molar-refractivity contribution < 1.29 is 18.3 Å². The molecule has 2 aliphatic heterocycles. The van der Waals surface area contributed by atoms with Gasteiger partial charge >= 0.3 is 6.55 Å². The van der Waals surface area contributed by atoms with Gasteiger partial charge in [-0.1, -0.05) is 30.3 Å². The molecular formula is C23H22F2N4O2. The number of amides is 1. The van der Waals surface area contributed by atoms with Crippen LogP contribution in [0.5, 0.6) is 0 Å². The molecule has 2 aromatic heterocycles. The number of benzene rings is 1. The first-order valence-electron chi connectivity index (χ1n) is 10.4. The number of ether oxygens (including phenoxy) is 1. The highest BCUT2D eigenvalue weighted by Crippen LogP contribution is 2.41. The summed E-state index contributed by atoms with van der Waals surface area (Å²) < 4.78 is 33.3. The Hall–Kier alpha value is -3.13. The molecule has 0 N–H and O–H groups in total. The van der Waals surface area contributed by atoms with Crippen LogP contribution < -0.4 is 0 Å². The normalized spacial score (nSPS) is 17.7. The van der Waals surface area contributed by atoms with Gasteiger partial charge in [0, 0.05) is 31.0 Å². The molecule has 0 saturated carbocycles. The second kappa shape index (κ2) is 7.85. The van der Waals surface area contributed by atoms with Gasteiger partial charge in [-0.3, -0.25) is 9.36 Å². The fraction of sp³-hybridized carbons (Fsp3) is 0.348. The largest absolute Gasteiger partial charge is 0.368 e. The van der Waals surface area contributed by atoms with Crippen LogP contribution in [-0.2, 0) is 16.8 Å². The second-order valence-electron chi connectivity index (χ2n) is 7.90. The van der Waals surface area contributed by atoms with Gasteiger partial charge in [0.2, 0.25) is 0 Å². The van der Waals surface area contributed by atoms with Crippen LogP contribution in [0.3, 0.4) is 0 Å². The van der Waals surface area contributed by atoms with Crippen molar-refractivity contribution in [2.45, 2.75) is 31.4 Å². The Morgan fingerprint density at radius 2 is 1.87 bits per heavy atom. The number of alkyl halides is 2. The zero-order valence-electron chi connectivity index (χ0n) is 16.9. The Labute approximate surface area is 178 Å². The molecular weight excluding hydrogens is 402 g/mol. The molecule has 0 atom stereocenters.